The number of hydrogen-bond acceptors (Lipinski definition) is 2. The lowest BCUT2D eigenvalue weighted by molar-refractivity contribution is 0.0992. The van der Waals surface area contributed by atoms with Gasteiger partial charge in [0.15, 0.2) is 0 Å². The third kappa shape index (κ3) is 2.43. The minimum absolute atomic E-state index is 0.0115. The van der Waals surface area contributed by atoms with Gasteiger partial charge in [-0.25, -0.2) is 0 Å². The van der Waals surface area contributed by atoms with Crippen molar-refractivity contribution in [1.29, 1.82) is 0 Å². The van der Waals surface area contributed by atoms with Crippen LogP contribution in [0.15, 0.2) is 59.1 Å². The average Bonchev–Trinajstić information content (AvgIpc) is 2.90. The molecular weight excluding hydrogens is 380 g/mol. The molecule has 1 aliphatic heterocycles. The van der Waals surface area contributed by atoms with Crippen LogP contribution < -0.4 is 10.2 Å². The first-order chi connectivity index (χ1) is 12.1. The number of hydrogen-bond donors (Lipinski definition) is 1. The molecule has 2 amide bonds. The highest BCUT2D eigenvalue weighted by Crippen LogP contribution is 2.40. The highest BCUT2D eigenvalue weighted by atomic mass is 79.9. The van der Waals surface area contributed by atoms with Gasteiger partial charge in [0.25, 0.3) is 11.8 Å². The fourth-order valence-electron chi connectivity index (χ4n) is 3.30. The Labute approximate surface area is 153 Å². The van der Waals surface area contributed by atoms with E-state index in [1.807, 2.05) is 55.5 Å². The van der Waals surface area contributed by atoms with E-state index in [0.29, 0.717) is 23.4 Å². The van der Waals surface area contributed by atoms with Gasteiger partial charge in [-0.3, -0.25) is 9.59 Å². The van der Waals surface area contributed by atoms with Crippen molar-refractivity contribution in [3.8, 4) is 0 Å². The lowest BCUT2D eigenvalue weighted by Crippen LogP contribution is -2.25. The molecule has 1 aliphatic rings. The molecule has 0 fully saturated rings. The fraction of sp³-hybridized carbons (Fsp3) is 0.100. The van der Waals surface area contributed by atoms with E-state index in [1.54, 1.807) is 11.0 Å². The Morgan fingerprint density at radius 2 is 1.88 bits per heavy atom. The second-order valence-corrected chi connectivity index (χ2v) is 6.70. The molecule has 0 unspecified atom stereocenters. The van der Waals surface area contributed by atoms with Crippen molar-refractivity contribution >= 4 is 49.9 Å². The summed E-state index contributed by atoms with van der Waals surface area (Å²) < 4.78 is 0.741. The van der Waals surface area contributed by atoms with Crippen LogP contribution in [-0.2, 0) is 0 Å². The molecule has 3 aromatic rings. The van der Waals surface area contributed by atoms with E-state index in [9.17, 15) is 9.59 Å². The first-order valence-electron chi connectivity index (χ1n) is 8.05. The van der Waals surface area contributed by atoms with Gasteiger partial charge >= 0.3 is 0 Å². The second-order valence-electron chi connectivity index (χ2n) is 5.84. The summed E-state index contributed by atoms with van der Waals surface area (Å²) in [6, 6.07) is 16.7. The molecule has 0 radical (unpaired) electrons. The summed E-state index contributed by atoms with van der Waals surface area (Å²) in [5, 5.41) is 4.75. The molecule has 4 nitrogen and oxygen atoms in total. The van der Waals surface area contributed by atoms with Gasteiger partial charge in [0.2, 0.25) is 0 Å². The number of anilines is 2. The zero-order valence-corrected chi connectivity index (χ0v) is 15.1. The monoisotopic (exact) mass is 394 g/mol. The number of nitrogens with one attached hydrogen (secondary N) is 1. The van der Waals surface area contributed by atoms with Gasteiger partial charge in [-0.1, -0.05) is 24.3 Å². The largest absolute Gasteiger partial charge is 0.321 e. The van der Waals surface area contributed by atoms with E-state index in [2.05, 4.69) is 21.2 Å². The molecule has 5 heteroatoms. The van der Waals surface area contributed by atoms with Crippen LogP contribution in [-0.4, -0.2) is 18.4 Å². The minimum Gasteiger partial charge on any atom is -0.321 e. The Morgan fingerprint density at radius 3 is 2.64 bits per heavy atom. The van der Waals surface area contributed by atoms with Crippen molar-refractivity contribution < 1.29 is 9.59 Å². The number of rotatable bonds is 3. The predicted molar refractivity (Wildman–Crippen MR) is 103 cm³/mol. The number of nitrogens with zero attached hydrogens (tertiary/aromatic N) is 1. The molecule has 25 heavy (non-hydrogen) atoms. The van der Waals surface area contributed by atoms with Crippen LogP contribution in [0.5, 0.6) is 0 Å². The molecule has 0 saturated carbocycles. The zero-order valence-electron chi connectivity index (χ0n) is 13.5. The van der Waals surface area contributed by atoms with Crippen LogP contribution in [0.25, 0.3) is 10.8 Å². The van der Waals surface area contributed by atoms with Crippen LogP contribution in [0, 0.1) is 0 Å². The SMILES string of the molecule is CCN1C(=O)c2cccc3c(NC(=O)c4ccccc4Br)ccc1c23. The summed E-state index contributed by atoms with van der Waals surface area (Å²) in [5.74, 6) is -0.178. The van der Waals surface area contributed by atoms with Gasteiger partial charge in [0, 0.05) is 33.0 Å². The van der Waals surface area contributed by atoms with E-state index in [1.165, 1.54) is 0 Å². The lowest BCUT2D eigenvalue weighted by atomic mass is 10.0. The number of carbonyl (C=O) groups excluding carboxylic acids is 2. The van der Waals surface area contributed by atoms with E-state index in [4.69, 9.17) is 0 Å². The van der Waals surface area contributed by atoms with Crippen LogP contribution in [0.4, 0.5) is 11.4 Å². The summed E-state index contributed by atoms with van der Waals surface area (Å²) in [6.07, 6.45) is 0. The topological polar surface area (TPSA) is 49.4 Å². The van der Waals surface area contributed by atoms with Crippen LogP contribution in [0.3, 0.4) is 0 Å². The van der Waals surface area contributed by atoms with Crippen LogP contribution in [0.2, 0.25) is 0 Å². The average molecular weight is 395 g/mol. The minimum atomic E-state index is -0.190. The quantitative estimate of drug-likeness (QED) is 0.690. The van der Waals surface area contributed by atoms with Crippen LogP contribution >= 0.6 is 15.9 Å². The molecule has 1 heterocycles. The summed E-state index contributed by atoms with van der Waals surface area (Å²) in [4.78, 5) is 26.9. The van der Waals surface area contributed by atoms with E-state index >= 15 is 0 Å². The number of amides is 2. The molecule has 0 atom stereocenters. The molecule has 3 aromatic carbocycles. The van der Waals surface area contributed by atoms with Crippen molar-refractivity contribution in [1.82, 2.24) is 0 Å². The predicted octanol–water partition coefficient (Wildman–Crippen LogP) is 4.83. The molecular formula is C20H15BrN2O2. The summed E-state index contributed by atoms with van der Waals surface area (Å²) in [6.45, 7) is 2.57. The van der Waals surface area contributed by atoms with Crippen molar-refractivity contribution in [2.24, 2.45) is 0 Å². The molecule has 0 aromatic heterocycles. The zero-order chi connectivity index (χ0) is 17.6. The van der Waals surface area contributed by atoms with Crippen molar-refractivity contribution in [3.63, 3.8) is 0 Å². The van der Waals surface area contributed by atoms with Gasteiger partial charge in [0.05, 0.1) is 11.3 Å². The summed E-state index contributed by atoms with van der Waals surface area (Å²) >= 11 is 3.41. The maximum absolute atomic E-state index is 12.6. The standard InChI is InChI=1S/C20H15BrN2O2/c1-2-23-17-11-10-16(13-7-5-8-14(18(13)17)20(23)25)22-19(24)12-6-3-4-9-15(12)21/h3-11H,2H2,1H3,(H,22,24). The smallest absolute Gasteiger partial charge is 0.258 e. The van der Waals surface area contributed by atoms with Gasteiger partial charge in [-0.15, -0.1) is 0 Å². The Kier molecular flexibility index (Phi) is 3.81. The summed E-state index contributed by atoms with van der Waals surface area (Å²) in [7, 11) is 0. The molecule has 0 bridgehead atoms. The second kappa shape index (κ2) is 6.01. The Bertz CT molecular complexity index is 1030. The van der Waals surface area contributed by atoms with Crippen LogP contribution in [0.1, 0.15) is 27.6 Å². The maximum atomic E-state index is 12.6. The maximum Gasteiger partial charge on any atom is 0.258 e. The highest BCUT2D eigenvalue weighted by Gasteiger charge is 2.29. The third-order valence-corrected chi connectivity index (χ3v) is 5.16. The van der Waals surface area contributed by atoms with Gasteiger partial charge in [-0.2, -0.15) is 0 Å². The lowest BCUT2D eigenvalue weighted by Gasteiger charge is -2.15. The molecule has 1 N–H and O–H groups in total. The molecule has 0 saturated heterocycles. The first kappa shape index (κ1) is 15.8. The number of benzene rings is 3. The van der Waals surface area contributed by atoms with Crippen molar-refractivity contribution in [2.45, 2.75) is 6.92 Å². The molecule has 4 rings (SSSR count). The Balaban J connectivity index is 1.81. The fourth-order valence-corrected chi connectivity index (χ4v) is 3.77. The normalized spacial score (nSPS) is 12.7. The number of halogens is 1. The van der Waals surface area contributed by atoms with E-state index < -0.39 is 0 Å². The van der Waals surface area contributed by atoms with E-state index in [-0.39, 0.29) is 11.8 Å². The van der Waals surface area contributed by atoms with Gasteiger partial charge in [-0.05, 0) is 53.2 Å². The molecule has 0 aliphatic carbocycles. The van der Waals surface area contributed by atoms with Gasteiger partial charge < -0.3 is 10.2 Å². The summed E-state index contributed by atoms with van der Waals surface area (Å²) in [5.41, 5.74) is 2.85. The number of carbonyl (C=O) groups is 2. The highest BCUT2D eigenvalue weighted by molar-refractivity contribution is 9.10. The Hall–Kier alpha value is -2.66. The molecule has 0 spiro atoms. The third-order valence-electron chi connectivity index (χ3n) is 4.47. The van der Waals surface area contributed by atoms with Gasteiger partial charge in [0.1, 0.15) is 0 Å². The van der Waals surface area contributed by atoms with Crippen molar-refractivity contribution in [3.05, 3.63) is 70.2 Å². The van der Waals surface area contributed by atoms with Crippen molar-refractivity contribution in [2.75, 3.05) is 16.8 Å². The van der Waals surface area contributed by atoms with E-state index in [0.717, 1.165) is 20.9 Å². The molecule has 124 valence electrons. The Morgan fingerprint density at radius 1 is 1.08 bits per heavy atom. The first-order valence-corrected chi connectivity index (χ1v) is 8.84.